The van der Waals surface area contributed by atoms with Crippen molar-refractivity contribution in [1.82, 2.24) is 14.5 Å². The summed E-state index contributed by atoms with van der Waals surface area (Å²) in [6, 6.07) is 0. The number of aliphatic hydroxyl groups excluding tert-OH is 4. The maximum atomic E-state index is 12.2. The quantitative estimate of drug-likeness (QED) is 0.358. The van der Waals surface area contributed by atoms with E-state index in [4.69, 9.17) is 15.6 Å². The third-order valence-electron chi connectivity index (χ3n) is 4.14. The average Bonchev–Trinajstić information content (AvgIpc) is 3.07. The van der Waals surface area contributed by atoms with Crippen LogP contribution in [-0.4, -0.2) is 66.5 Å². The Labute approximate surface area is 136 Å². The summed E-state index contributed by atoms with van der Waals surface area (Å²) in [6.07, 6.45) is -1.34. The number of aromatic amines is 1. The van der Waals surface area contributed by atoms with Gasteiger partial charge in [-0.3, -0.25) is 9.78 Å². The zero-order chi connectivity index (χ0) is 17.4. The predicted molar refractivity (Wildman–Crippen MR) is 83.2 cm³/mol. The SMILES string of the molecule is Nc1nc2c([C@H]3C[C@H](O)[C@@H](CO)O3)cn(CC(O)CO)c2c(=O)[nH]1. The number of aliphatic hydroxyl groups is 4. The van der Waals surface area contributed by atoms with Crippen LogP contribution >= 0.6 is 0 Å². The van der Waals surface area contributed by atoms with Crippen LogP contribution in [0.2, 0.25) is 0 Å². The fraction of sp³-hybridized carbons (Fsp3) is 0.571. The number of nitrogens with zero attached hydrogens (tertiary/aromatic N) is 2. The molecular formula is C14H20N4O6. The molecule has 0 aromatic carbocycles. The second-order valence-corrected chi connectivity index (χ2v) is 5.87. The monoisotopic (exact) mass is 340 g/mol. The minimum Gasteiger partial charge on any atom is -0.394 e. The highest BCUT2D eigenvalue weighted by molar-refractivity contribution is 5.80. The van der Waals surface area contributed by atoms with Gasteiger partial charge in [0.1, 0.15) is 17.1 Å². The van der Waals surface area contributed by atoms with E-state index < -0.39 is 36.6 Å². The van der Waals surface area contributed by atoms with Crippen molar-refractivity contribution in [3.05, 3.63) is 22.1 Å². The van der Waals surface area contributed by atoms with E-state index in [-0.39, 0.29) is 31.0 Å². The fourth-order valence-electron chi connectivity index (χ4n) is 3.00. The van der Waals surface area contributed by atoms with E-state index in [9.17, 15) is 20.1 Å². The lowest BCUT2D eigenvalue weighted by atomic mass is 10.1. The Hall–Kier alpha value is -1.98. The van der Waals surface area contributed by atoms with E-state index >= 15 is 0 Å². The predicted octanol–water partition coefficient (Wildman–Crippen LogP) is -2.16. The molecule has 3 heterocycles. The second kappa shape index (κ2) is 6.49. The van der Waals surface area contributed by atoms with Crippen LogP contribution in [0.5, 0.6) is 0 Å². The molecule has 0 bridgehead atoms. The van der Waals surface area contributed by atoms with Crippen LogP contribution in [-0.2, 0) is 11.3 Å². The summed E-state index contributed by atoms with van der Waals surface area (Å²) in [5, 5.41) is 37.8. The Kier molecular flexibility index (Phi) is 4.56. The molecular weight excluding hydrogens is 320 g/mol. The minimum absolute atomic E-state index is 0.0135. The molecule has 0 saturated carbocycles. The maximum absolute atomic E-state index is 12.2. The van der Waals surface area contributed by atoms with Crippen molar-refractivity contribution in [2.75, 3.05) is 18.9 Å². The van der Waals surface area contributed by atoms with Crippen LogP contribution in [0.4, 0.5) is 5.95 Å². The molecule has 1 saturated heterocycles. The molecule has 24 heavy (non-hydrogen) atoms. The van der Waals surface area contributed by atoms with Gasteiger partial charge in [-0.2, -0.15) is 0 Å². The summed E-state index contributed by atoms with van der Waals surface area (Å²) < 4.78 is 7.09. The minimum atomic E-state index is -1.05. The Morgan fingerprint density at radius 3 is 2.88 bits per heavy atom. The Morgan fingerprint density at radius 2 is 2.25 bits per heavy atom. The number of hydrogen-bond acceptors (Lipinski definition) is 8. The first-order valence-electron chi connectivity index (χ1n) is 7.56. The first kappa shape index (κ1) is 16.9. The Bertz CT molecular complexity index is 787. The molecule has 3 rings (SSSR count). The summed E-state index contributed by atoms with van der Waals surface area (Å²) in [5.41, 5.74) is 6.16. The van der Waals surface area contributed by atoms with Gasteiger partial charge in [-0.15, -0.1) is 0 Å². The van der Waals surface area contributed by atoms with Crippen LogP contribution in [0, 0.1) is 0 Å². The molecule has 1 fully saturated rings. The lowest BCUT2D eigenvalue weighted by molar-refractivity contribution is -0.0223. The lowest BCUT2D eigenvalue weighted by Gasteiger charge is -2.11. The van der Waals surface area contributed by atoms with Crippen molar-refractivity contribution in [3.8, 4) is 0 Å². The van der Waals surface area contributed by atoms with Gasteiger partial charge in [-0.05, 0) is 0 Å². The van der Waals surface area contributed by atoms with Gasteiger partial charge >= 0.3 is 0 Å². The first-order chi connectivity index (χ1) is 11.4. The smallest absolute Gasteiger partial charge is 0.276 e. The van der Waals surface area contributed by atoms with E-state index in [2.05, 4.69) is 9.97 Å². The van der Waals surface area contributed by atoms with Crippen LogP contribution in [0.15, 0.2) is 11.0 Å². The number of nitrogens with one attached hydrogen (secondary N) is 1. The summed E-state index contributed by atoms with van der Waals surface area (Å²) in [5.74, 6) is -0.0635. The molecule has 4 atom stereocenters. The molecule has 0 aliphatic carbocycles. The highest BCUT2D eigenvalue weighted by Gasteiger charge is 2.36. The zero-order valence-corrected chi connectivity index (χ0v) is 12.8. The Morgan fingerprint density at radius 1 is 1.50 bits per heavy atom. The summed E-state index contributed by atoms with van der Waals surface area (Å²) in [6.45, 7) is -0.795. The molecule has 7 N–H and O–H groups in total. The topological polar surface area (TPSA) is 167 Å². The van der Waals surface area contributed by atoms with Gasteiger partial charge in [0.25, 0.3) is 5.56 Å². The van der Waals surface area contributed by atoms with Crippen molar-refractivity contribution < 1.29 is 25.2 Å². The number of rotatable bonds is 5. The van der Waals surface area contributed by atoms with Crippen LogP contribution < -0.4 is 11.3 Å². The molecule has 2 aromatic heterocycles. The van der Waals surface area contributed by atoms with Crippen LogP contribution in [0.3, 0.4) is 0 Å². The van der Waals surface area contributed by atoms with E-state index in [1.807, 2.05) is 0 Å². The number of ether oxygens (including phenoxy) is 1. The van der Waals surface area contributed by atoms with Crippen LogP contribution in [0.1, 0.15) is 18.1 Å². The van der Waals surface area contributed by atoms with Crippen molar-refractivity contribution in [2.24, 2.45) is 0 Å². The third kappa shape index (κ3) is 2.89. The number of nitrogen functional groups attached to an aromatic ring is 1. The van der Waals surface area contributed by atoms with Gasteiger partial charge in [-0.25, -0.2) is 4.98 Å². The molecule has 0 amide bonds. The van der Waals surface area contributed by atoms with Gasteiger partial charge in [0.2, 0.25) is 5.95 Å². The molecule has 2 aromatic rings. The maximum Gasteiger partial charge on any atom is 0.276 e. The molecule has 1 aliphatic rings. The van der Waals surface area contributed by atoms with Gasteiger partial charge < -0.3 is 35.5 Å². The van der Waals surface area contributed by atoms with E-state index in [0.29, 0.717) is 11.1 Å². The van der Waals surface area contributed by atoms with E-state index in [1.54, 1.807) is 6.20 Å². The van der Waals surface area contributed by atoms with Gasteiger partial charge in [0.15, 0.2) is 0 Å². The second-order valence-electron chi connectivity index (χ2n) is 5.87. The van der Waals surface area contributed by atoms with Crippen molar-refractivity contribution in [1.29, 1.82) is 0 Å². The van der Waals surface area contributed by atoms with Crippen molar-refractivity contribution >= 4 is 17.0 Å². The molecule has 1 unspecified atom stereocenters. The standard InChI is InChI=1S/C14H20N4O6/c15-14-16-11-7(9-1-8(22)10(5-20)24-9)3-18(2-6(21)4-19)12(11)13(23)17-14/h3,6,8-10,19-22H,1-2,4-5H2,(H3,15,16,17,23)/t6?,8-,9+,10+/m0/s1. The number of hydrogen-bond donors (Lipinski definition) is 6. The lowest BCUT2D eigenvalue weighted by Crippen LogP contribution is -2.24. The number of aromatic nitrogens is 3. The van der Waals surface area contributed by atoms with Gasteiger partial charge in [-0.1, -0.05) is 0 Å². The highest BCUT2D eigenvalue weighted by atomic mass is 16.5. The molecule has 10 heteroatoms. The zero-order valence-electron chi connectivity index (χ0n) is 12.8. The Balaban J connectivity index is 2.09. The number of fused-ring (bicyclic) bond motifs is 1. The highest BCUT2D eigenvalue weighted by Crippen LogP contribution is 2.36. The third-order valence-corrected chi connectivity index (χ3v) is 4.14. The molecule has 0 radical (unpaired) electrons. The molecule has 1 aliphatic heterocycles. The van der Waals surface area contributed by atoms with Gasteiger partial charge in [0.05, 0.1) is 38.1 Å². The van der Waals surface area contributed by atoms with Gasteiger partial charge in [0, 0.05) is 18.2 Å². The van der Waals surface area contributed by atoms with E-state index in [0.717, 1.165) is 0 Å². The summed E-state index contributed by atoms with van der Waals surface area (Å²) >= 11 is 0. The number of anilines is 1. The van der Waals surface area contributed by atoms with Crippen LogP contribution in [0.25, 0.3) is 11.0 Å². The first-order valence-corrected chi connectivity index (χ1v) is 7.56. The summed E-state index contributed by atoms with van der Waals surface area (Å²) in [7, 11) is 0. The molecule has 132 valence electrons. The molecule has 10 nitrogen and oxygen atoms in total. The largest absolute Gasteiger partial charge is 0.394 e. The van der Waals surface area contributed by atoms with E-state index in [1.165, 1.54) is 4.57 Å². The van der Waals surface area contributed by atoms with Crippen molar-refractivity contribution in [2.45, 2.75) is 37.4 Å². The normalized spacial score (nSPS) is 25.4. The number of H-pyrrole nitrogens is 1. The van der Waals surface area contributed by atoms with Crippen molar-refractivity contribution in [3.63, 3.8) is 0 Å². The number of nitrogens with two attached hydrogens (primary N) is 1. The summed E-state index contributed by atoms with van der Waals surface area (Å²) in [4.78, 5) is 18.8. The fourth-order valence-corrected chi connectivity index (χ4v) is 3.00. The average molecular weight is 340 g/mol. The molecule has 0 spiro atoms.